The summed E-state index contributed by atoms with van der Waals surface area (Å²) in [4.78, 5) is 14.6. The minimum absolute atomic E-state index is 0.0417. The van der Waals surface area contributed by atoms with Crippen LogP contribution in [0.2, 0.25) is 0 Å². The molecule has 1 heterocycles. The van der Waals surface area contributed by atoms with Gasteiger partial charge >= 0.3 is 0 Å². The van der Waals surface area contributed by atoms with Crippen molar-refractivity contribution in [2.24, 2.45) is 11.8 Å². The minimum atomic E-state index is -2.97. The monoisotopic (exact) mass is 344 g/mol. The van der Waals surface area contributed by atoms with Gasteiger partial charge in [0.1, 0.15) is 0 Å². The molecule has 0 aromatic heterocycles. The molecule has 0 spiro atoms. The van der Waals surface area contributed by atoms with E-state index in [1.165, 1.54) is 12.8 Å². The summed E-state index contributed by atoms with van der Waals surface area (Å²) in [6.07, 6.45) is 4.17. The molecule has 0 aromatic rings. The van der Waals surface area contributed by atoms with Crippen LogP contribution in [0.3, 0.4) is 0 Å². The van der Waals surface area contributed by atoms with Crippen molar-refractivity contribution >= 4 is 15.7 Å². The van der Waals surface area contributed by atoms with Crippen LogP contribution in [0.4, 0.5) is 0 Å². The smallest absolute Gasteiger partial charge is 0.239 e. The Morgan fingerprint density at radius 2 is 1.96 bits per heavy atom. The van der Waals surface area contributed by atoms with Crippen molar-refractivity contribution in [3.63, 3.8) is 0 Å². The van der Waals surface area contributed by atoms with Crippen LogP contribution in [0, 0.1) is 11.8 Å². The van der Waals surface area contributed by atoms with Gasteiger partial charge < -0.3 is 10.2 Å². The van der Waals surface area contributed by atoms with Gasteiger partial charge in [-0.25, -0.2) is 8.42 Å². The van der Waals surface area contributed by atoms with Crippen molar-refractivity contribution in [3.05, 3.63) is 0 Å². The van der Waals surface area contributed by atoms with Crippen LogP contribution in [-0.4, -0.2) is 55.4 Å². The molecular weight excluding hydrogens is 312 g/mol. The normalized spacial score (nSPS) is 35.0. The Morgan fingerprint density at radius 1 is 1.26 bits per heavy atom. The SMILES string of the molecule is CCN(C(=O)C(C)NC1CCCC(C)C1C)C1CCS(=O)(=O)C1. The van der Waals surface area contributed by atoms with Gasteiger partial charge in [0.2, 0.25) is 5.91 Å². The van der Waals surface area contributed by atoms with Gasteiger partial charge in [-0.15, -0.1) is 0 Å². The lowest BCUT2D eigenvalue weighted by Crippen LogP contribution is -2.54. The van der Waals surface area contributed by atoms with Crippen molar-refractivity contribution < 1.29 is 13.2 Å². The summed E-state index contributed by atoms with van der Waals surface area (Å²) < 4.78 is 23.4. The molecule has 1 aliphatic carbocycles. The lowest BCUT2D eigenvalue weighted by Gasteiger charge is -2.37. The number of sulfone groups is 1. The maximum Gasteiger partial charge on any atom is 0.239 e. The van der Waals surface area contributed by atoms with E-state index in [1.54, 1.807) is 4.90 Å². The average Bonchev–Trinajstić information content (AvgIpc) is 2.84. The number of nitrogens with zero attached hydrogens (tertiary/aromatic N) is 1. The molecule has 1 saturated carbocycles. The molecule has 1 amide bonds. The fourth-order valence-electron chi connectivity index (χ4n) is 4.07. The number of likely N-dealkylation sites (N-methyl/N-ethyl adjacent to an activating group) is 1. The number of hydrogen-bond acceptors (Lipinski definition) is 4. The lowest BCUT2D eigenvalue weighted by molar-refractivity contribution is -0.135. The molecule has 1 N–H and O–H groups in total. The lowest BCUT2D eigenvalue weighted by atomic mass is 9.78. The van der Waals surface area contributed by atoms with Crippen molar-refractivity contribution in [1.29, 1.82) is 0 Å². The molecule has 0 radical (unpaired) electrons. The number of carbonyl (C=O) groups is 1. The Kier molecular flexibility index (Phi) is 6.11. The Bertz CT molecular complexity index is 520. The molecule has 5 unspecified atom stereocenters. The molecule has 6 heteroatoms. The fraction of sp³-hybridized carbons (Fsp3) is 0.941. The van der Waals surface area contributed by atoms with E-state index < -0.39 is 9.84 Å². The van der Waals surface area contributed by atoms with E-state index in [2.05, 4.69) is 19.2 Å². The molecule has 2 rings (SSSR count). The predicted molar refractivity (Wildman–Crippen MR) is 93.0 cm³/mol. The molecule has 2 aliphatic rings. The second-order valence-electron chi connectivity index (χ2n) is 7.44. The van der Waals surface area contributed by atoms with E-state index in [9.17, 15) is 13.2 Å². The molecule has 134 valence electrons. The van der Waals surface area contributed by atoms with E-state index in [-0.39, 0.29) is 29.5 Å². The summed E-state index contributed by atoms with van der Waals surface area (Å²) in [6.45, 7) is 8.97. The zero-order chi connectivity index (χ0) is 17.2. The second kappa shape index (κ2) is 7.51. The first kappa shape index (κ1) is 18.7. The zero-order valence-corrected chi connectivity index (χ0v) is 15.7. The van der Waals surface area contributed by atoms with E-state index in [1.807, 2.05) is 13.8 Å². The van der Waals surface area contributed by atoms with Gasteiger partial charge in [-0.2, -0.15) is 0 Å². The predicted octanol–water partition coefficient (Wildman–Crippen LogP) is 1.82. The Labute approximate surface area is 141 Å². The number of hydrogen-bond donors (Lipinski definition) is 1. The summed E-state index contributed by atoms with van der Waals surface area (Å²) >= 11 is 0. The zero-order valence-electron chi connectivity index (χ0n) is 14.9. The van der Waals surface area contributed by atoms with Crippen LogP contribution in [0.5, 0.6) is 0 Å². The average molecular weight is 345 g/mol. The largest absolute Gasteiger partial charge is 0.338 e. The summed E-state index contributed by atoms with van der Waals surface area (Å²) in [6, 6.07) is -0.0239. The molecule has 5 nitrogen and oxygen atoms in total. The second-order valence-corrected chi connectivity index (χ2v) is 9.67. The standard InChI is InChI=1S/C17H32N2O3S/c1-5-19(15-9-10-23(21,22)11-15)17(20)14(4)18-16-8-6-7-12(2)13(16)3/h12-16,18H,5-11H2,1-4H3. The molecule has 0 bridgehead atoms. The maximum absolute atomic E-state index is 12.8. The molecule has 1 saturated heterocycles. The number of carbonyl (C=O) groups excluding carboxylic acids is 1. The van der Waals surface area contributed by atoms with E-state index in [0.717, 1.165) is 6.42 Å². The molecule has 5 atom stereocenters. The van der Waals surface area contributed by atoms with E-state index >= 15 is 0 Å². The summed E-state index contributed by atoms with van der Waals surface area (Å²) in [7, 11) is -2.97. The Balaban J connectivity index is 1.97. The number of amides is 1. The highest BCUT2D eigenvalue weighted by molar-refractivity contribution is 7.91. The van der Waals surface area contributed by atoms with Gasteiger partial charge in [0.05, 0.1) is 17.5 Å². The Morgan fingerprint density at radius 3 is 2.52 bits per heavy atom. The first-order valence-corrected chi connectivity index (χ1v) is 10.8. The third kappa shape index (κ3) is 4.47. The van der Waals surface area contributed by atoms with Crippen LogP contribution < -0.4 is 5.32 Å². The van der Waals surface area contributed by atoms with E-state index in [4.69, 9.17) is 0 Å². The summed E-state index contributed by atoms with van der Waals surface area (Å²) in [5, 5.41) is 3.52. The minimum Gasteiger partial charge on any atom is -0.338 e. The van der Waals surface area contributed by atoms with Crippen LogP contribution in [-0.2, 0) is 14.6 Å². The van der Waals surface area contributed by atoms with Crippen molar-refractivity contribution in [2.75, 3.05) is 18.1 Å². The highest BCUT2D eigenvalue weighted by Crippen LogP contribution is 2.30. The van der Waals surface area contributed by atoms with Crippen molar-refractivity contribution in [3.8, 4) is 0 Å². The van der Waals surface area contributed by atoms with Crippen molar-refractivity contribution in [2.45, 2.75) is 71.5 Å². The number of nitrogens with one attached hydrogen (secondary N) is 1. The molecule has 2 fully saturated rings. The van der Waals surface area contributed by atoms with Gasteiger partial charge in [0.25, 0.3) is 0 Å². The fourth-order valence-corrected chi connectivity index (χ4v) is 5.80. The first-order valence-electron chi connectivity index (χ1n) is 9.02. The van der Waals surface area contributed by atoms with Gasteiger partial charge in [-0.05, 0) is 38.5 Å². The molecule has 0 aromatic carbocycles. The third-order valence-corrected chi connectivity index (χ3v) is 7.56. The van der Waals surface area contributed by atoms with Gasteiger partial charge in [-0.1, -0.05) is 26.7 Å². The maximum atomic E-state index is 12.8. The van der Waals surface area contributed by atoms with Gasteiger partial charge in [-0.3, -0.25) is 4.79 Å². The molecule has 1 aliphatic heterocycles. The van der Waals surface area contributed by atoms with Crippen molar-refractivity contribution in [1.82, 2.24) is 10.2 Å². The molecular formula is C17H32N2O3S. The quantitative estimate of drug-likeness (QED) is 0.826. The van der Waals surface area contributed by atoms with Crippen LogP contribution in [0.25, 0.3) is 0 Å². The van der Waals surface area contributed by atoms with Gasteiger partial charge in [0.15, 0.2) is 9.84 Å². The van der Waals surface area contributed by atoms with Gasteiger partial charge in [0, 0.05) is 18.6 Å². The first-order chi connectivity index (χ1) is 10.7. The number of rotatable bonds is 5. The molecule has 23 heavy (non-hydrogen) atoms. The highest BCUT2D eigenvalue weighted by atomic mass is 32.2. The topological polar surface area (TPSA) is 66.5 Å². The highest BCUT2D eigenvalue weighted by Gasteiger charge is 2.36. The summed E-state index contributed by atoms with van der Waals surface area (Å²) in [5.74, 6) is 1.63. The van der Waals surface area contributed by atoms with Crippen LogP contribution >= 0.6 is 0 Å². The van der Waals surface area contributed by atoms with Crippen LogP contribution in [0.15, 0.2) is 0 Å². The van der Waals surface area contributed by atoms with E-state index in [0.29, 0.717) is 30.8 Å². The Hall–Kier alpha value is -0.620. The van der Waals surface area contributed by atoms with Crippen LogP contribution in [0.1, 0.15) is 53.4 Å². The summed E-state index contributed by atoms with van der Waals surface area (Å²) in [5.41, 5.74) is 0. The third-order valence-electron chi connectivity index (χ3n) is 5.81.